The normalized spacial score (nSPS) is 28.7. The molecule has 2 aliphatic rings. The predicted molar refractivity (Wildman–Crippen MR) is 72.1 cm³/mol. The van der Waals surface area contributed by atoms with Gasteiger partial charge >= 0.3 is 0 Å². The second-order valence-corrected chi connectivity index (χ2v) is 5.76. The van der Waals surface area contributed by atoms with Crippen molar-refractivity contribution in [3.05, 3.63) is 0 Å². The molecule has 18 heavy (non-hydrogen) atoms. The Hall–Kier alpha value is -0.160. The quantitative estimate of drug-likeness (QED) is 0.541. The van der Waals surface area contributed by atoms with Crippen LogP contribution in [0.25, 0.3) is 0 Å². The minimum absolute atomic E-state index is 0.0225. The van der Waals surface area contributed by atoms with Crippen LogP contribution in [0.3, 0.4) is 0 Å². The van der Waals surface area contributed by atoms with Crippen molar-refractivity contribution < 1.29 is 9.47 Å². The zero-order chi connectivity index (χ0) is 12.8. The van der Waals surface area contributed by atoms with Gasteiger partial charge in [-0.1, -0.05) is 12.8 Å². The van der Waals surface area contributed by atoms with Crippen LogP contribution < -0.4 is 11.3 Å². The number of nitrogens with two attached hydrogens (primary N) is 1. The van der Waals surface area contributed by atoms with Crippen LogP contribution in [-0.4, -0.2) is 31.5 Å². The molecule has 0 bridgehead atoms. The van der Waals surface area contributed by atoms with Crippen LogP contribution in [0.15, 0.2) is 0 Å². The van der Waals surface area contributed by atoms with Gasteiger partial charge in [-0.3, -0.25) is 11.3 Å². The van der Waals surface area contributed by atoms with Gasteiger partial charge in [-0.25, -0.2) is 0 Å². The van der Waals surface area contributed by atoms with Crippen LogP contribution in [0.5, 0.6) is 0 Å². The summed E-state index contributed by atoms with van der Waals surface area (Å²) in [4.78, 5) is 0. The zero-order valence-electron chi connectivity index (χ0n) is 11.6. The first-order valence-electron chi connectivity index (χ1n) is 7.43. The first-order valence-corrected chi connectivity index (χ1v) is 7.43. The summed E-state index contributed by atoms with van der Waals surface area (Å²) in [5.41, 5.74) is 2.97. The Morgan fingerprint density at radius 3 is 2.72 bits per heavy atom. The van der Waals surface area contributed by atoms with Gasteiger partial charge in [0.25, 0.3) is 0 Å². The first-order chi connectivity index (χ1) is 8.80. The fourth-order valence-corrected chi connectivity index (χ4v) is 3.59. The van der Waals surface area contributed by atoms with E-state index in [-0.39, 0.29) is 11.6 Å². The highest BCUT2D eigenvalue weighted by atomic mass is 16.5. The third kappa shape index (κ3) is 3.23. The largest absolute Gasteiger partial charge is 0.378 e. The molecule has 3 N–H and O–H groups in total. The SMILES string of the molecule is COC1(C(CCCC2CCCO2)NN)CCCC1. The Balaban J connectivity index is 1.77. The van der Waals surface area contributed by atoms with Crippen molar-refractivity contribution in [2.45, 2.75) is 75.5 Å². The van der Waals surface area contributed by atoms with Gasteiger partial charge in [0.1, 0.15) is 0 Å². The third-order valence-electron chi connectivity index (χ3n) is 4.74. The molecule has 2 fully saturated rings. The monoisotopic (exact) mass is 256 g/mol. The van der Waals surface area contributed by atoms with Gasteiger partial charge in [-0.15, -0.1) is 0 Å². The molecule has 1 saturated carbocycles. The smallest absolute Gasteiger partial charge is 0.0844 e. The molecule has 1 aliphatic heterocycles. The predicted octanol–water partition coefficient (Wildman–Crippen LogP) is 2.13. The fourth-order valence-electron chi connectivity index (χ4n) is 3.59. The van der Waals surface area contributed by atoms with E-state index in [4.69, 9.17) is 15.3 Å². The molecule has 0 amide bonds. The lowest BCUT2D eigenvalue weighted by atomic mass is 9.88. The lowest BCUT2D eigenvalue weighted by Crippen LogP contribution is -2.53. The number of methoxy groups -OCH3 is 1. The maximum atomic E-state index is 5.80. The average Bonchev–Trinajstić information content (AvgIpc) is 3.06. The van der Waals surface area contributed by atoms with E-state index >= 15 is 0 Å². The zero-order valence-corrected chi connectivity index (χ0v) is 11.6. The Morgan fingerprint density at radius 1 is 1.39 bits per heavy atom. The van der Waals surface area contributed by atoms with Crippen LogP contribution >= 0.6 is 0 Å². The van der Waals surface area contributed by atoms with Gasteiger partial charge in [0.15, 0.2) is 0 Å². The second-order valence-electron chi connectivity index (χ2n) is 5.76. The maximum absolute atomic E-state index is 5.80. The summed E-state index contributed by atoms with van der Waals surface area (Å²) >= 11 is 0. The van der Waals surface area contributed by atoms with Crippen molar-refractivity contribution in [3.63, 3.8) is 0 Å². The summed E-state index contributed by atoms with van der Waals surface area (Å²) in [6, 6.07) is 0.284. The summed E-state index contributed by atoms with van der Waals surface area (Å²) in [6.45, 7) is 0.950. The van der Waals surface area contributed by atoms with Crippen LogP contribution in [0.4, 0.5) is 0 Å². The van der Waals surface area contributed by atoms with E-state index in [0.717, 1.165) is 32.3 Å². The summed E-state index contributed by atoms with van der Waals surface area (Å²) < 4.78 is 11.5. The van der Waals surface area contributed by atoms with Crippen LogP contribution in [-0.2, 0) is 9.47 Å². The van der Waals surface area contributed by atoms with Crippen LogP contribution in [0.1, 0.15) is 57.8 Å². The van der Waals surface area contributed by atoms with Crippen molar-refractivity contribution in [3.8, 4) is 0 Å². The third-order valence-corrected chi connectivity index (χ3v) is 4.74. The van der Waals surface area contributed by atoms with Crippen molar-refractivity contribution in [2.75, 3.05) is 13.7 Å². The van der Waals surface area contributed by atoms with E-state index < -0.39 is 0 Å². The number of nitrogens with one attached hydrogen (secondary N) is 1. The molecular formula is C14H28N2O2. The summed E-state index contributed by atoms with van der Waals surface area (Å²) in [5, 5.41) is 0. The van der Waals surface area contributed by atoms with Gasteiger partial charge in [-0.05, 0) is 44.9 Å². The average molecular weight is 256 g/mol. The van der Waals surface area contributed by atoms with E-state index in [9.17, 15) is 0 Å². The summed E-state index contributed by atoms with van der Waals surface area (Å²) in [6.07, 6.45) is 11.2. The fraction of sp³-hybridized carbons (Fsp3) is 1.00. The van der Waals surface area contributed by atoms with E-state index in [0.29, 0.717) is 6.10 Å². The van der Waals surface area contributed by atoms with Gasteiger partial charge in [0, 0.05) is 13.7 Å². The minimum atomic E-state index is -0.0225. The van der Waals surface area contributed by atoms with Gasteiger partial charge in [-0.2, -0.15) is 0 Å². The lowest BCUT2D eigenvalue weighted by molar-refractivity contribution is -0.0391. The van der Waals surface area contributed by atoms with E-state index in [2.05, 4.69) is 5.43 Å². The molecule has 1 aliphatic carbocycles. The molecule has 2 atom stereocenters. The van der Waals surface area contributed by atoms with Crippen molar-refractivity contribution >= 4 is 0 Å². The van der Waals surface area contributed by atoms with E-state index in [1.165, 1.54) is 32.1 Å². The Morgan fingerprint density at radius 2 is 2.17 bits per heavy atom. The Bertz CT molecular complexity index is 236. The molecular weight excluding hydrogens is 228 g/mol. The number of hydrogen-bond acceptors (Lipinski definition) is 4. The molecule has 0 aromatic carbocycles. The topological polar surface area (TPSA) is 56.5 Å². The van der Waals surface area contributed by atoms with Crippen molar-refractivity contribution in [2.24, 2.45) is 5.84 Å². The maximum Gasteiger partial charge on any atom is 0.0844 e. The molecule has 1 heterocycles. The minimum Gasteiger partial charge on any atom is -0.378 e. The molecule has 2 rings (SSSR count). The van der Waals surface area contributed by atoms with E-state index in [1.807, 2.05) is 7.11 Å². The lowest BCUT2D eigenvalue weighted by Gasteiger charge is -2.36. The molecule has 0 radical (unpaired) electrons. The van der Waals surface area contributed by atoms with Crippen LogP contribution in [0.2, 0.25) is 0 Å². The molecule has 1 saturated heterocycles. The standard InChI is InChI=1S/C14H28N2O2/c1-17-14(9-2-3-10-14)13(16-15)8-4-6-12-7-5-11-18-12/h12-13,16H,2-11,15H2,1H3. The molecule has 4 heteroatoms. The van der Waals surface area contributed by atoms with E-state index in [1.54, 1.807) is 0 Å². The Labute approximate surface area is 111 Å². The number of ether oxygens (including phenoxy) is 2. The van der Waals surface area contributed by atoms with Crippen LogP contribution in [0, 0.1) is 0 Å². The highest BCUT2D eigenvalue weighted by Gasteiger charge is 2.40. The second kappa shape index (κ2) is 6.85. The molecule has 106 valence electrons. The molecule has 0 aromatic rings. The first kappa shape index (κ1) is 14.3. The highest BCUT2D eigenvalue weighted by Crippen LogP contribution is 2.37. The van der Waals surface area contributed by atoms with Crippen molar-refractivity contribution in [1.82, 2.24) is 5.43 Å². The summed E-state index contributed by atoms with van der Waals surface area (Å²) in [7, 11) is 1.83. The highest BCUT2D eigenvalue weighted by molar-refractivity contribution is 4.96. The van der Waals surface area contributed by atoms with Gasteiger partial charge < -0.3 is 9.47 Å². The number of hydrazine groups is 1. The van der Waals surface area contributed by atoms with Gasteiger partial charge in [0.05, 0.1) is 17.7 Å². The van der Waals surface area contributed by atoms with Gasteiger partial charge in [0.2, 0.25) is 0 Å². The Kier molecular flexibility index (Phi) is 5.42. The van der Waals surface area contributed by atoms with Crippen molar-refractivity contribution in [1.29, 1.82) is 0 Å². The molecule has 0 spiro atoms. The summed E-state index contributed by atoms with van der Waals surface area (Å²) in [5.74, 6) is 5.75. The number of hydrogen-bond donors (Lipinski definition) is 2. The number of rotatable bonds is 7. The molecule has 2 unspecified atom stereocenters. The molecule has 4 nitrogen and oxygen atoms in total. The molecule has 0 aromatic heterocycles.